The summed E-state index contributed by atoms with van der Waals surface area (Å²) in [6.07, 6.45) is 0.214. The Bertz CT molecular complexity index is 1690. The van der Waals surface area contributed by atoms with Gasteiger partial charge in [0, 0.05) is 29.6 Å². The average molecular weight is 669 g/mol. The van der Waals surface area contributed by atoms with E-state index in [1.807, 2.05) is 30.3 Å². The highest BCUT2D eigenvalue weighted by molar-refractivity contribution is 7.92. The number of hydrogen-bond donors (Lipinski definition) is 1. The Morgan fingerprint density at radius 1 is 0.800 bits per heavy atom. The van der Waals surface area contributed by atoms with Crippen molar-refractivity contribution in [1.29, 1.82) is 0 Å². The molecule has 2 amide bonds. The predicted molar refractivity (Wildman–Crippen MR) is 178 cm³/mol. The maximum Gasteiger partial charge on any atom is 0.264 e. The number of carbonyl (C=O) groups is 2. The Morgan fingerprint density at radius 2 is 1.40 bits per heavy atom. The van der Waals surface area contributed by atoms with Crippen LogP contribution in [0, 0.1) is 0 Å². The molecule has 45 heavy (non-hydrogen) atoms. The second kappa shape index (κ2) is 15.8. The third-order valence-corrected chi connectivity index (χ3v) is 9.28. The SMILES string of the molecule is CCNC(=O)[C@@H](Cc1ccccc1)N(Cc1ccc(Cl)cc1)C(=O)CN(c1ccccc1OCC)S(=O)(=O)c1ccc(Cl)cc1. The molecule has 0 unspecified atom stereocenters. The van der Waals surface area contributed by atoms with Gasteiger partial charge in [-0.3, -0.25) is 13.9 Å². The van der Waals surface area contributed by atoms with E-state index in [-0.39, 0.29) is 36.1 Å². The van der Waals surface area contributed by atoms with Gasteiger partial charge in [-0.1, -0.05) is 77.8 Å². The molecule has 4 aromatic rings. The first-order chi connectivity index (χ1) is 21.6. The summed E-state index contributed by atoms with van der Waals surface area (Å²) in [7, 11) is -4.30. The van der Waals surface area contributed by atoms with Crippen LogP contribution in [-0.4, -0.2) is 50.9 Å². The number of benzene rings is 4. The van der Waals surface area contributed by atoms with Crippen LogP contribution in [0.3, 0.4) is 0 Å². The van der Waals surface area contributed by atoms with Crippen LogP contribution in [0.15, 0.2) is 108 Å². The Balaban J connectivity index is 1.82. The lowest BCUT2D eigenvalue weighted by Crippen LogP contribution is -2.53. The summed E-state index contributed by atoms with van der Waals surface area (Å²) in [6, 6.07) is 27.7. The summed E-state index contributed by atoms with van der Waals surface area (Å²) >= 11 is 12.2. The van der Waals surface area contributed by atoms with Gasteiger partial charge >= 0.3 is 0 Å². The van der Waals surface area contributed by atoms with Gasteiger partial charge in [-0.15, -0.1) is 0 Å². The third kappa shape index (κ3) is 8.78. The molecular weight excluding hydrogens is 633 g/mol. The van der Waals surface area contributed by atoms with E-state index in [0.29, 0.717) is 22.3 Å². The van der Waals surface area contributed by atoms with Gasteiger partial charge in [0.25, 0.3) is 10.0 Å². The number of para-hydroxylation sites is 2. The molecule has 0 saturated carbocycles. The Hall–Kier alpha value is -4.05. The van der Waals surface area contributed by atoms with E-state index in [9.17, 15) is 18.0 Å². The van der Waals surface area contributed by atoms with Crippen molar-refractivity contribution in [2.45, 2.75) is 37.8 Å². The quantitative estimate of drug-likeness (QED) is 0.169. The summed E-state index contributed by atoms with van der Waals surface area (Å²) in [5.74, 6) is -0.648. The fraction of sp³-hybridized carbons (Fsp3) is 0.235. The predicted octanol–water partition coefficient (Wildman–Crippen LogP) is 6.36. The van der Waals surface area contributed by atoms with Crippen LogP contribution < -0.4 is 14.4 Å². The molecule has 0 fully saturated rings. The lowest BCUT2D eigenvalue weighted by Gasteiger charge is -2.34. The molecule has 0 heterocycles. The molecule has 0 radical (unpaired) electrons. The Labute approximate surface area is 274 Å². The number of rotatable bonds is 14. The number of hydrogen-bond acceptors (Lipinski definition) is 5. The van der Waals surface area contributed by atoms with Crippen molar-refractivity contribution in [2.75, 3.05) is 24.0 Å². The molecule has 1 N–H and O–H groups in total. The number of amides is 2. The Morgan fingerprint density at radius 3 is 2.02 bits per heavy atom. The van der Waals surface area contributed by atoms with Gasteiger partial charge in [0.2, 0.25) is 11.8 Å². The lowest BCUT2D eigenvalue weighted by molar-refractivity contribution is -0.140. The number of sulfonamides is 1. The van der Waals surface area contributed by atoms with E-state index in [4.69, 9.17) is 27.9 Å². The molecule has 236 valence electrons. The smallest absolute Gasteiger partial charge is 0.264 e. The van der Waals surface area contributed by atoms with Crippen LogP contribution >= 0.6 is 23.2 Å². The molecule has 0 aliphatic heterocycles. The fourth-order valence-electron chi connectivity index (χ4n) is 4.82. The zero-order valence-corrected chi connectivity index (χ0v) is 27.4. The first-order valence-corrected chi connectivity index (χ1v) is 16.7. The summed E-state index contributed by atoms with van der Waals surface area (Å²) in [6.45, 7) is 3.65. The van der Waals surface area contributed by atoms with Crippen LogP contribution in [0.5, 0.6) is 5.75 Å². The minimum atomic E-state index is -4.30. The second-order valence-electron chi connectivity index (χ2n) is 10.1. The number of nitrogens with one attached hydrogen (secondary N) is 1. The van der Waals surface area contributed by atoms with Crippen molar-refractivity contribution in [1.82, 2.24) is 10.2 Å². The van der Waals surface area contributed by atoms with Gasteiger partial charge in [0.05, 0.1) is 17.2 Å². The van der Waals surface area contributed by atoms with E-state index in [1.165, 1.54) is 29.2 Å². The van der Waals surface area contributed by atoms with Crippen LogP contribution in [0.1, 0.15) is 25.0 Å². The van der Waals surface area contributed by atoms with Gasteiger partial charge in [-0.05, 0) is 73.5 Å². The maximum absolute atomic E-state index is 14.5. The van der Waals surface area contributed by atoms with Crippen molar-refractivity contribution in [3.63, 3.8) is 0 Å². The largest absolute Gasteiger partial charge is 0.492 e. The average Bonchev–Trinajstić information content (AvgIpc) is 3.03. The monoisotopic (exact) mass is 667 g/mol. The molecule has 0 saturated heterocycles. The summed E-state index contributed by atoms with van der Waals surface area (Å²) in [4.78, 5) is 29.5. The minimum Gasteiger partial charge on any atom is -0.492 e. The maximum atomic E-state index is 14.5. The van der Waals surface area contributed by atoms with Crippen LogP contribution in [0.25, 0.3) is 0 Å². The van der Waals surface area contributed by atoms with Gasteiger partial charge in [-0.2, -0.15) is 0 Å². The number of ether oxygens (including phenoxy) is 1. The highest BCUT2D eigenvalue weighted by atomic mass is 35.5. The van der Waals surface area contributed by atoms with E-state index in [2.05, 4.69) is 5.32 Å². The summed E-state index contributed by atoms with van der Waals surface area (Å²) in [5, 5.41) is 3.74. The molecule has 0 aliphatic carbocycles. The number of carbonyl (C=O) groups excluding carboxylic acids is 2. The first kappa shape index (κ1) is 33.8. The van der Waals surface area contributed by atoms with Crippen molar-refractivity contribution >= 4 is 50.7 Å². The minimum absolute atomic E-state index is 0.0343. The van der Waals surface area contributed by atoms with Crippen molar-refractivity contribution in [2.24, 2.45) is 0 Å². The van der Waals surface area contributed by atoms with E-state index >= 15 is 0 Å². The second-order valence-corrected chi connectivity index (χ2v) is 12.8. The van der Waals surface area contributed by atoms with Crippen molar-refractivity contribution in [3.8, 4) is 5.75 Å². The number of halogens is 2. The molecule has 4 aromatic carbocycles. The fourth-order valence-corrected chi connectivity index (χ4v) is 6.50. The lowest BCUT2D eigenvalue weighted by atomic mass is 10.0. The topological polar surface area (TPSA) is 96.0 Å². The zero-order valence-electron chi connectivity index (χ0n) is 25.0. The highest BCUT2D eigenvalue weighted by Gasteiger charge is 2.35. The van der Waals surface area contributed by atoms with Crippen LogP contribution in [-0.2, 0) is 32.6 Å². The van der Waals surface area contributed by atoms with Crippen LogP contribution in [0.4, 0.5) is 5.69 Å². The number of anilines is 1. The van der Waals surface area contributed by atoms with E-state index < -0.39 is 28.5 Å². The standard InChI is InChI=1S/C34H35Cl2N3O5S/c1-3-37-34(41)31(22-25-10-6-5-7-11-25)38(23-26-14-16-27(35)17-15-26)33(40)24-39(30-12-8-9-13-32(30)44-4-2)45(42,43)29-20-18-28(36)19-21-29/h5-21,31H,3-4,22-24H2,1-2H3,(H,37,41)/t31-/m1/s1. The number of likely N-dealkylation sites (N-methyl/N-ethyl adjacent to an activating group) is 1. The molecule has 1 atom stereocenters. The first-order valence-electron chi connectivity index (χ1n) is 14.5. The van der Waals surface area contributed by atoms with E-state index in [0.717, 1.165) is 15.4 Å². The molecule has 11 heteroatoms. The zero-order chi connectivity index (χ0) is 32.4. The highest BCUT2D eigenvalue weighted by Crippen LogP contribution is 2.33. The molecular formula is C34H35Cl2N3O5S. The molecule has 8 nitrogen and oxygen atoms in total. The summed E-state index contributed by atoms with van der Waals surface area (Å²) < 4.78 is 35.2. The molecule has 0 aromatic heterocycles. The Kier molecular flexibility index (Phi) is 11.9. The molecule has 4 rings (SSSR count). The van der Waals surface area contributed by atoms with Crippen LogP contribution in [0.2, 0.25) is 10.0 Å². The molecule has 0 spiro atoms. The van der Waals surface area contributed by atoms with Gasteiger partial charge in [-0.25, -0.2) is 8.42 Å². The molecule has 0 aliphatic rings. The molecule has 0 bridgehead atoms. The van der Waals surface area contributed by atoms with Gasteiger partial charge < -0.3 is 15.0 Å². The van der Waals surface area contributed by atoms with Gasteiger partial charge in [0.1, 0.15) is 18.3 Å². The third-order valence-electron chi connectivity index (χ3n) is 7.00. The summed E-state index contributed by atoms with van der Waals surface area (Å²) in [5.41, 5.74) is 1.75. The van der Waals surface area contributed by atoms with E-state index in [1.54, 1.807) is 62.4 Å². The number of nitrogens with zero attached hydrogens (tertiary/aromatic N) is 2. The van der Waals surface area contributed by atoms with Gasteiger partial charge in [0.15, 0.2) is 0 Å². The normalized spacial score (nSPS) is 11.8. The van der Waals surface area contributed by atoms with Crippen molar-refractivity contribution in [3.05, 3.63) is 124 Å². The van der Waals surface area contributed by atoms with Crippen molar-refractivity contribution < 1.29 is 22.7 Å².